The molecule has 0 aromatic rings. The van der Waals surface area contributed by atoms with E-state index >= 15 is 0 Å². The van der Waals surface area contributed by atoms with Crippen molar-refractivity contribution < 1.29 is 13.2 Å². The number of hydrogen-bond donors (Lipinski definition) is 1. The first kappa shape index (κ1) is 13.8. The summed E-state index contributed by atoms with van der Waals surface area (Å²) in [5.74, 6) is 0.402. The summed E-state index contributed by atoms with van der Waals surface area (Å²) in [4.78, 5) is 1.76. The zero-order chi connectivity index (χ0) is 12.2. The normalized spacial score (nSPS) is 19.1. The Morgan fingerprint density at radius 3 is 2.50 bits per heavy atom. The average Bonchev–Trinajstić information content (AvgIpc) is 2.94. The van der Waals surface area contributed by atoms with E-state index in [1.165, 1.54) is 12.8 Å². The molecule has 0 aromatic heterocycles. The van der Waals surface area contributed by atoms with E-state index in [0.29, 0.717) is 12.0 Å². The Kier molecular flexibility index (Phi) is 5.05. The number of halogens is 3. The maximum atomic E-state index is 12.0. The quantitative estimate of drug-likeness (QED) is 0.732. The van der Waals surface area contributed by atoms with E-state index in [9.17, 15) is 13.2 Å². The molecule has 0 spiro atoms. The van der Waals surface area contributed by atoms with Crippen LogP contribution in [-0.4, -0.2) is 43.8 Å². The van der Waals surface area contributed by atoms with Crippen molar-refractivity contribution in [2.45, 2.75) is 38.4 Å². The van der Waals surface area contributed by atoms with Gasteiger partial charge in [-0.25, -0.2) is 0 Å². The van der Waals surface area contributed by atoms with Crippen LogP contribution in [0.15, 0.2) is 0 Å². The van der Waals surface area contributed by atoms with Gasteiger partial charge in [-0.3, -0.25) is 0 Å². The molecular weight excluding hydrogens is 217 g/mol. The van der Waals surface area contributed by atoms with E-state index in [-0.39, 0.29) is 6.54 Å². The minimum absolute atomic E-state index is 0.0945. The lowest BCUT2D eigenvalue weighted by atomic mass is 10.1. The highest BCUT2D eigenvalue weighted by Crippen LogP contribution is 2.20. The largest absolute Gasteiger partial charge is 0.390 e. The lowest BCUT2D eigenvalue weighted by Crippen LogP contribution is -2.33. The van der Waals surface area contributed by atoms with Gasteiger partial charge in [0.25, 0.3) is 0 Å². The van der Waals surface area contributed by atoms with Crippen LogP contribution in [0.25, 0.3) is 0 Å². The third-order valence-electron chi connectivity index (χ3n) is 2.73. The van der Waals surface area contributed by atoms with Gasteiger partial charge in [0.15, 0.2) is 0 Å². The maximum Gasteiger partial charge on any atom is 0.390 e. The fourth-order valence-corrected chi connectivity index (χ4v) is 1.66. The molecule has 1 aliphatic carbocycles. The van der Waals surface area contributed by atoms with Crippen molar-refractivity contribution in [3.63, 3.8) is 0 Å². The van der Waals surface area contributed by atoms with E-state index < -0.39 is 12.6 Å². The van der Waals surface area contributed by atoms with Gasteiger partial charge in [0.2, 0.25) is 0 Å². The van der Waals surface area contributed by atoms with Crippen molar-refractivity contribution in [2.24, 2.45) is 5.92 Å². The molecule has 2 nitrogen and oxygen atoms in total. The van der Waals surface area contributed by atoms with Crippen molar-refractivity contribution in [1.82, 2.24) is 10.2 Å². The van der Waals surface area contributed by atoms with Gasteiger partial charge in [0.1, 0.15) is 0 Å². The zero-order valence-electron chi connectivity index (χ0n) is 9.98. The van der Waals surface area contributed by atoms with Gasteiger partial charge in [0, 0.05) is 19.1 Å². The van der Waals surface area contributed by atoms with Crippen molar-refractivity contribution in [3.8, 4) is 0 Å². The molecule has 1 atom stereocenters. The molecule has 0 aromatic carbocycles. The Labute approximate surface area is 95.2 Å². The van der Waals surface area contributed by atoms with Gasteiger partial charge in [0.05, 0.1) is 6.42 Å². The lowest BCUT2D eigenvalue weighted by molar-refractivity contribution is -0.137. The number of alkyl halides is 3. The van der Waals surface area contributed by atoms with Gasteiger partial charge in [-0.15, -0.1) is 0 Å². The van der Waals surface area contributed by atoms with E-state index in [1.54, 1.807) is 11.9 Å². The molecule has 0 saturated heterocycles. The second kappa shape index (κ2) is 5.87. The summed E-state index contributed by atoms with van der Waals surface area (Å²) in [5, 5.41) is 3.39. The molecule has 0 radical (unpaired) electrons. The van der Waals surface area contributed by atoms with Crippen LogP contribution < -0.4 is 5.32 Å². The van der Waals surface area contributed by atoms with Crippen LogP contribution in [0.2, 0.25) is 0 Å². The summed E-state index contributed by atoms with van der Waals surface area (Å²) in [6.07, 6.45) is -2.26. The molecule has 0 aliphatic heterocycles. The smallest absolute Gasteiger partial charge is 0.314 e. The van der Waals surface area contributed by atoms with E-state index in [4.69, 9.17) is 0 Å². The van der Waals surface area contributed by atoms with Gasteiger partial charge in [-0.05, 0) is 32.4 Å². The van der Waals surface area contributed by atoms with Gasteiger partial charge >= 0.3 is 6.18 Å². The standard InChI is InChI=1S/C11H21F3N2/c1-9(7-15-10-3-4-10)8-16(2)6-5-11(12,13)14/h9-10,15H,3-8H2,1-2H3. The number of rotatable bonds is 7. The third kappa shape index (κ3) is 7.06. The molecule has 0 bridgehead atoms. The molecular formula is C11H21F3N2. The van der Waals surface area contributed by atoms with E-state index in [0.717, 1.165) is 13.1 Å². The Morgan fingerprint density at radius 1 is 1.38 bits per heavy atom. The summed E-state index contributed by atoms with van der Waals surface area (Å²) >= 11 is 0. The highest BCUT2D eigenvalue weighted by molar-refractivity contribution is 4.81. The van der Waals surface area contributed by atoms with Crippen LogP contribution in [0.1, 0.15) is 26.2 Å². The Morgan fingerprint density at radius 2 is 2.00 bits per heavy atom. The molecule has 1 N–H and O–H groups in total. The first-order chi connectivity index (χ1) is 7.37. The Balaban J connectivity index is 2.04. The second-order valence-corrected chi connectivity index (χ2v) is 4.92. The predicted octanol–water partition coefficient (Wildman–Crippen LogP) is 2.26. The second-order valence-electron chi connectivity index (χ2n) is 4.92. The molecule has 1 unspecified atom stereocenters. The molecule has 1 aliphatic rings. The highest BCUT2D eigenvalue weighted by atomic mass is 19.4. The molecule has 1 fully saturated rings. The lowest BCUT2D eigenvalue weighted by Gasteiger charge is -2.22. The van der Waals surface area contributed by atoms with Crippen LogP contribution in [0.4, 0.5) is 13.2 Å². The summed E-state index contributed by atoms with van der Waals surface area (Å²) < 4.78 is 35.9. The topological polar surface area (TPSA) is 15.3 Å². The Bertz CT molecular complexity index is 202. The summed E-state index contributed by atoms with van der Waals surface area (Å²) in [6, 6.07) is 0.669. The minimum atomic E-state index is -4.04. The first-order valence-corrected chi connectivity index (χ1v) is 5.85. The van der Waals surface area contributed by atoms with E-state index in [1.807, 2.05) is 0 Å². The molecule has 16 heavy (non-hydrogen) atoms. The van der Waals surface area contributed by atoms with E-state index in [2.05, 4.69) is 12.2 Å². The van der Waals surface area contributed by atoms with Crippen molar-refractivity contribution in [1.29, 1.82) is 0 Å². The SMILES string of the molecule is CC(CNC1CC1)CN(C)CCC(F)(F)F. The van der Waals surface area contributed by atoms with Gasteiger partial charge < -0.3 is 10.2 Å². The monoisotopic (exact) mass is 238 g/mol. The molecule has 0 heterocycles. The average molecular weight is 238 g/mol. The first-order valence-electron chi connectivity index (χ1n) is 5.85. The maximum absolute atomic E-state index is 12.0. The molecule has 1 saturated carbocycles. The molecule has 0 amide bonds. The van der Waals surface area contributed by atoms with Crippen LogP contribution in [0.3, 0.4) is 0 Å². The van der Waals surface area contributed by atoms with Gasteiger partial charge in [-0.1, -0.05) is 6.92 Å². The van der Waals surface area contributed by atoms with Crippen molar-refractivity contribution in [3.05, 3.63) is 0 Å². The molecule has 96 valence electrons. The number of nitrogens with zero attached hydrogens (tertiary/aromatic N) is 1. The predicted molar refractivity (Wildman–Crippen MR) is 58.4 cm³/mol. The van der Waals surface area contributed by atoms with Gasteiger partial charge in [-0.2, -0.15) is 13.2 Å². The Hall–Kier alpha value is -0.290. The highest BCUT2D eigenvalue weighted by Gasteiger charge is 2.27. The van der Waals surface area contributed by atoms with Crippen LogP contribution in [-0.2, 0) is 0 Å². The fourth-order valence-electron chi connectivity index (χ4n) is 1.66. The zero-order valence-corrected chi connectivity index (χ0v) is 9.98. The summed E-state index contributed by atoms with van der Waals surface area (Å²) in [7, 11) is 1.75. The summed E-state index contributed by atoms with van der Waals surface area (Å²) in [6.45, 7) is 3.79. The van der Waals surface area contributed by atoms with Crippen LogP contribution in [0.5, 0.6) is 0 Å². The fraction of sp³-hybridized carbons (Fsp3) is 1.00. The summed E-state index contributed by atoms with van der Waals surface area (Å²) in [5.41, 5.74) is 0. The van der Waals surface area contributed by atoms with Crippen LogP contribution >= 0.6 is 0 Å². The van der Waals surface area contributed by atoms with Crippen molar-refractivity contribution in [2.75, 3.05) is 26.7 Å². The van der Waals surface area contributed by atoms with Crippen LogP contribution in [0, 0.1) is 5.92 Å². The number of hydrogen-bond acceptors (Lipinski definition) is 2. The van der Waals surface area contributed by atoms with Crippen molar-refractivity contribution >= 4 is 0 Å². The molecule has 1 rings (SSSR count). The minimum Gasteiger partial charge on any atom is -0.314 e. The number of nitrogens with one attached hydrogen (secondary N) is 1. The molecule has 5 heteroatoms. The third-order valence-corrected chi connectivity index (χ3v) is 2.73.